The van der Waals surface area contributed by atoms with Crippen molar-refractivity contribution in [1.82, 2.24) is 10.6 Å². The van der Waals surface area contributed by atoms with Gasteiger partial charge in [0.05, 0.1) is 11.1 Å². The second-order valence-corrected chi connectivity index (χ2v) is 5.70. The van der Waals surface area contributed by atoms with Gasteiger partial charge in [-0.1, -0.05) is 0 Å². The monoisotopic (exact) mass is 412 g/mol. The summed E-state index contributed by atoms with van der Waals surface area (Å²) < 4.78 is 0. The minimum absolute atomic E-state index is 0. The van der Waals surface area contributed by atoms with Crippen molar-refractivity contribution in [2.24, 2.45) is 0 Å². The number of amidine groups is 2. The van der Waals surface area contributed by atoms with E-state index in [0.29, 0.717) is 0 Å². The summed E-state index contributed by atoms with van der Waals surface area (Å²) in [7, 11) is 0. The van der Waals surface area contributed by atoms with Crippen molar-refractivity contribution in [2.75, 3.05) is 37.6 Å². The molecule has 2 aliphatic rings. The van der Waals surface area contributed by atoms with Gasteiger partial charge in [0, 0.05) is 11.4 Å². The lowest BCUT2D eigenvalue weighted by Gasteiger charge is -1.96. The second-order valence-electron chi connectivity index (χ2n) is 5.70. The first-order chi connectivity index (χ1) is 11.7. The van der Waals surface area contributed by atoms with Crippen LogP contribution in [0.3, 0.4) is 0 Å². The molecule has 10 N–H and O–H groups in total. The molecular formula is C18H26Cl2N6O. The Hall–Kier alpha value is -2.48. The fraction of sp³-hybridized carbons (Fsp3) is 0.222. The van der Waals surface area contributed by atoms with Gasteiger partial charge in [-0.05, 0) is 48.5 Å². The maximum atomic E-state index is 5.58. The van der Waals surface area contributed by atoms with Crippen LogP contribution in [0.25, 0.3) is 0 Å². The molecule has 0 amide bonds. The third-order valence-electron chi connectivity index (χ3n) is 3.86. The zero-order chi connectivity index (χ0) is 16.8. The molecule has 0 saturated carbocycles. The predicted octanol–water partition coefficient (Wildman–Crippen LogP) is -9.42. The van der Waals surface area contributed by atoms with Crippen molar-refractivity contribution in [3.63, 3.8) is 0 Å². The fourth-order valence-electron chi connectivity index (χ4n) is 2.58. The summed E-state index contributed by atoms with van der Waals surface area (Å²) in [5.74, 6) is 2.21. The summed E-state index contributed by atoms with van der Waals surface area (Å²) in [4.78, 5) is 6.51. The van der Waals surface area contributed by atoms with E-state index in [0.717, 1.165) is 49.2 Å². The number of anilines is 2. The van der Waals surface area contributed by atoms with Gasteiger partial charge in [-0.15, -0.1) is 0 Å². The highest BCUT2D eigenvalue weighted by molar-refractivity contribution is 5.95. The van der Waals surface area contributed by atoms with Crippen LogP contribution in [-0.2, 0) is 0 Å². The molecule has 0 fully saturated rings. The van der Waals surface area contributed by atoms with Gasteiger partial charge in [0.25, 0.3) is 11.7 Å². The van der Waals surface area contributed by atoms with E-state index in [1.807, 2.05) is 48.5 Å². The first-order valence-corrected chi connectivity index (χ1v) is 8.13. The molecule has 0 radical (unpaired) electrons. The molecule has 7 nitrogen and oxygen atoms in total. The van der Waals surface area contributed by atoms with Crippen LogP contribution in [0.1, 0.15) is 11.1 Å². The lowest BCUT2D eigenvalue weighted by molar-refractivity contribution is -0.444. The Morgan fingerprint density at radius 1 is 0.630 bits per heavy atom. The Morgan fingerprint density at radius 2 is 0.963 bits per heavy atom. The van der Waals surface area contributed by atoms with Crippen molar-refractivity contribution < 1.29 is 40.3 Å². The zero-order valence-corrected chi connectivity index (χ0v) is 16.4. The van der Waals surface area contributed by atoms with Gasteiger partial charge in [0.15, 0.2) is 0 Å². The summed E-state index contributed by atoms with van der Waals surface area (Å²) in [5, 5.41) is 6.51. The number of nitrogen functional groups attached to an aromatic ring is 2. The molecule has 2 aliphatic heterocycles. The smallest absolute Gasteiger partial charge is 0.275 e. The van der Waals surface area contributed by atoms with E-state index in [9.17, 15) is 0 Å². The van der Waals surface area contributed by atoms with Crippen molar-refractivity contribution in [1.29, 1.82) is 0 Å². The lowest BCUT2D eigenvalue weighted by atomic mass is 10.2. The summed E-state index contributed by atoms with van der Waals surface area (Å²) in [6.45, 7) is 4.00. The topological polar surface area (TPSA) is 136 Å². The average Bonchev–Trinajstić information content (AvgIpc) is 3.31. The Labute approximate surface area is 171 Å². The van der Waals surface area contributed by atoms with Crippen molar-refractivity contribution in [3.05, 3.63) is 59.7 Å². The fourth-order valence-corrected chi connectivity index (χ4v) is 2.58. The number of nitrogens with one attached hydrogen (secondary N) is 4. The number of halogens is 2. The highest BCUT2D eigenvalue weighted by atomic mass is 35.5. The summed E-state index contributed by atoms with van der Waals surface area (Å²) in [6.07, 6.45) is 0. The first-order valence-electron chi connectivity index (χ1n) is 8.13. The van der Waals surface area contributed by atoms with Crippen LogP contribution in [0.15, 0.2) is 48.5 Å². The molecule has 4 rings (SSSR count). The number of rotatable bonds is 2. The van der Waals surface area contributed by atoms with Gasteiger partial charge in [0.1, 0.15) is 26.2 Å². The molecule has 0 aromatic heterocycles. The van der Waals surface area contributed by atoms with Crippen LogP contribution in [0.4, 0.5) is 11.4 Å². The molecule has 0 atom stereocenters. The molecule has 27 heavy (non-hydrogen) atoms. The molecule has 0 spiro atoms. The highest BCUT2D eigenvalue weighted by Crippen LogP contribution is 2.05. The number of hydrogen-bond donors (Lipinski definition) is 6. The number of nitrogens with two attached hydrogens (primary N) is 2. The molecule has 9 heteroatoms. The highest BCUT2D eigenvalue weighted by Gasteiger charge is 2.14. The summed E-state index contributed by atoms with van der Waals surface area (Å²) >= 11 is 0. The number of hydrogen-bond acceptors (Lipinski definition) is 4. The quantitative estimate of drug-likeness (QED) is 0.273. The molecule has 0 unspecified atom stereocenters. The van der Waals surface area contributed by atoms with Gasteiger partial charge < -0.3 is 41.8 Å². The van der Waals surface area contributed by atoms with Crippen molar-refractivity contribution >= 4 is 23.0 Å². The minimum atomic E-state index is 0. The standard InChI is InChI=1S/2C9H11N3.2ClH.H2O/c2*10-8-3-1-7(2-4-8)9-11-5-6-12-9;;;/h2*1-4H,5-6,10H2,(H,11,12);2*1H;1H2. The van der Waals surface area contributed by atoms with Crippen LogP contribution in [0.5, 0.6) is 0 Å². The van der Waals surface area contributed by atoms with Gasteiger partial charge in [-0.3, -0.25) is 20.6 Å². The molecule has 2 aromatic rings. The summed E-state index contributed by atoms with van der Waals surface area (Å²) in [5.41, 5.74) is 15.1. The van der Waals surface area contributed by atoms with Gasteiger partial charge >= 0.3 is 0 Å². The average molecular weight is 413 g/mol. The summed E-state index contributed by atoms with van der Waals surface area (Å²) in [6, 6.07) is 15.7. The normalized spacial score (nSPS) is 13.8. The third-order valence-corrected chi connectivity index (χ3v) is 3.86. The molecule has 0 saturated heterocycles. The zero-order valence-electron chi connectivity index (χ0n) is 14.9. The maximum Gasteiger partial charge on any atom is 0.275 e. The number of benzene rings is 2. The molecular weight excluding hydrogens is 387 g/mol. The molecule has 0 bridgehead atoms. The van der Waals surface area contributed by atoms with Crippen LogP contribution < -0.4 is 56.9 Å². The van der Waals surface area contributed by atoms with Gasteiger partial charge in [0.2, 0.25) is 0 Å². The van der Waals surface area contributed by atoms with E-state index in [1.54, 1.807) is 0 Å². The van der Waals surface area contributed by atoms with E-state index in [4.69, 9.17) is 11.5 Å². The first kappa shape index (κ1) is 24.5. The van der Waals surface area contributed by atoms with E-state index in [1.165, 1.54) is 11.1 Å². The van der Waals surface area contributed by atoms with Gasteiger partial charge in [-0.25, -0.2) is 0 Å². The second kappa shape index (κ2) is 12.0. The van der Waals surface area contributed by atoms with E-state index in [-0.39, 0.29) is 30.3 Å². The van der Waals surface area contributed by atoms with E-state index in [2.05, 4.69) is 20.6 Å². The van der Waals surface area contributed by atoms with Crippen molar-refractivity contribution in [3.8, 4) is 0 Å². The lowest BCUT2D eigenvalue weighted by Crippen LogP contribution is -3.00. The largest absolute Gasteiger partial charge is 1.00 e. The van der Waals surface area contributed by atoms with Gasteiger partial charge in [-0.2, -0.15) is 0 Å². The van der Waals surface area contributed by atoms with Crippen LogP contribution in [0.2, 0.25) is 0 Å². The Morgan fingerprint density at radius 3 is 1.22 bits per heavy atom. The SMILES string of the molecule is Nc1ccc(C2=[NH+]CCN2)cc1.Nc1ccc(C2=[NH+]CCN2)cc1.O.[Cl-].[Cl-]. The molecule has 0 aliphatic carbocycles. The third kappa shape index (κ3) is 6.97. The molecule has 2 aromatic carbocycles. The Bertz CT molecular complexity index is 682. The van der Waals surface area contributed by atoms with Crippen molar-refractivity contribution in [2.45, 2.75) is 0 Å². The maximum absolute atomic E-state index is 5.58. The Kier molecular flexibility index (Phi) is 10.9. The minimum Gasteiger partial charge on any atom is -1.00 e. The van der Waals surface area contributed by atoms with E-state index >= 15 is 0 Å². The van der Waals surface area contributed by atoms with E-state index < -0.39 is 0 Å². The van der Waals surface area contributed by atoms with Crippen LogP contribution in [-0.4, -0.2) is 43.3 Å². The van der Waals surface area contributed by atoms with Crippen LogP contribution >= 0.6 is 0 Å². The Balaban J connectivity index is 0.000000451. The molecule has 2 heterocycles. The predicted molar refractivity (Wildman–Crippen MR) is 101 cm³/mol. The molecule has 148 valence electrons. The van der Waals surface area contributed by atoms with Crippen LogP contribution in [0, 0.1) is 0 Å².